The van der Waals surface area contributed by atoms with E-state index in [1.165, 1.54) is 0 Å². The normalized spacial score (nSPS) is 19.3. The summed E-state index contributed by atoms with van der Waals surface area (Å²) in [5.41, 5.74) is 5.51. The Morgan fingerprint density at radius 1 is 1.06 bits per heavy atom. The van der Waals surface area contributed by atoms with E-state index in [1.807, 2.05) is 36.4 Å². The highest BCUT2D eigenvalue weighted by Gasteiger charge is 2.24. The van der Waals surface area contributed by atoms with E-state index >= 15 is 0 Å². The van der Waals surface area contributed by atoms with Gasteiger partial charge in [-0.1, -0.05) is 41.9 Å². The summed E-state index contributed by atoms with van der Waals surface area (Å²) in [7, 11) is 0. The molecule has 0 aliphatic carbocycles. The van der Waals surface area contributed by atoms with Gasteiger partial charge in [0.2, 0.25) is 0 Å². The molecule has 0 spiro atoms. The lowest BCUT2D eigenvalue weighted by molar-refractivity contribution is 0.162. The van der Waals surface area contributed by atoms with Crippen molar-refractivity contribution in [3.05, 3.63) is 76.3 Å². The van der Waals surface area contributed by atoms with Gasteiger partial charge in [0.25, 0.3) is 0 Å². The van der Waals surface area contributed by atoms with Crippen molar-refractivity contribution in [3.63, 3.8) is 0 Å². The lowest BCUT2D eigenvalue weighted by Crippen LogP contribution is -2.38. The lowest BCUT2D eigenvalue weighted by Gasteiger charge is -2.20. The first-order valence-corrected chi connectivity index (χ1v) is 12.0. The second-order valence-corrected chi connectivity index (χ2v) is 9.12. The van der Waals surface area contributed by atoms with Crippen LogP contribution in [-0.2, 0) is 13.2 Å². The van der Waals surface area contributed by atoms with Gasteiger partial charge in [-0.3, -0.25) is 0 Å². The van der Waals surface area contributed by atoms with E-state index in [9.17, 15) is 5.11 Å². The molecule has 0 unspecified atom stereocenters. The van der Waals surface area contributed by atoms with Crippen molar-refractivity contribution in [1.29, 1.82) is 0 Å². The van der Waals surface area contributed by atoms with E-state index in [0.717, 1.165) is 45.9 Å². The third-order valence-corrected chi connectivity index (χ3v) is 6.72. The molecule has 0 aromatic heterocycles. The van der Waals surface area contributed by atoms with Crippen LogP contribution in [0.15, 0.2) is 54.6 Å². The zero-order chi connectivity index (χ0) is 23.5. The molecule has 2 atom stereocenters. The average molecular weight is 481 g/mol. The predicted molar refractivity (Wildman–Crippen MR) is 133 cm³/mol. The first kappa shape index (κ1) is 23.0. The van der Waals surface area contributed by atoms with Crippen LogP contribution in [0.1, 0.15) is 16.7 Å². The molecule has 2 heterocycles. The average Bonchev–Trinajstić information content (AvgIpc) is 3.27. The third kappa shape index (κ3) is 5.00. The maximum Gasteiger partial charge on any atom is 0.161 e. The predicted octanol–water partition coefficient (Wildman–Crippen LogP) is 4.09. The third-order valence-electron chi connectivity index (χ3n) is 6.43. The molecule has 3 aromatic rings. The summed E-state index contributed by atoms with van der Waals surface area (Å²) in [6.45, 7) is 5.70. The molecular formula is C27H29ClN2O4. The molecule has 2 aliphatic heterocycles. The minimum atomic E-state index is -0.362. The van der Waals surface area contributed by atoms with E-state index in [4.69, 9.17) is 25.8 Å². The van der Waals surface area contributed by atoms with Gasteiger partial charge in [0.05, 0.1) is 11.1 Å². The Morgan fingerprint density at radius 3 is 2.71 bits per heavy atom. The number of halogens is 1. The standard InChI is InChI=1S/C27H29ClN2O4/c1-17-20(3-2-4-21(17)19-6-8-26-27(12-19)33-10-9-32-26)16-34-25-7-5-18(11-22(25)28)13-30-23-14-29-15-24(23)31/h2-8,11-12,23-24,29-31H,9-10,13-16H2,1H3/t23-,24-/m1/s1. The Kier molecular flexibility index (Phi) is 6.92. The highest BCUT2D eigenvalue weighted by Crippen LogP contribution is 2.36. The van der Waals surface area contributed by atoms with Crippen molar-refractivity contribution < 1.29 is 19.3 Å². The Morgan fingerprint density at radius 2 is 1.91 bits per heavy atom. The number of fused-ring (bicyclic) bond motifs is 1. The maximum atomic E-state index is 9.93. The van der Waals surface area contributed by atoms with Crippen molar-refractivity contribution in [1.82, 2.24) is 10.6 Å². The smallest absolute Gasteiger partial charge is 0.161 e. The van der Waals surface area contributed by atoms with Crippen LogP contribution >= 0.6 is 11.6 Å². The Hall–Kier alpha value is -2.77. The number of aliphatic hydroxyl groups is 1. The summed E-state index contributed by atoms with van der Waals surface area (Å²) >= 11 is 6.51. The van der Waals surface area contributed by atoms with Crippen molar-refractivity contribution in [2.75, 3.05) is 26.3 Å². The number of β-amino-alcohol motifs (C(OH)–C–C–N with tert-alkyl or cyclic N) is 1. The summed E-state index contributed by atoms with van der Waals surface area (Å²) in [5, 5.41) is 17.0. The zero-order valence-corrected chi connectivity index (χ0v) is 19.9. The maximum absolute atomic E-state index is 9.93. The van der Waals surface area contributed by atoms with E-state index in [-0.39, 0.29) is 12.1 Å². The molecule has 34 heavy (non-hydrogen) atoms. The van der Waals surface area contributed by atoms with Gasteiger partial charge in [0.15, 0.2) is 11.5 Å². The Labute approximate surface area is 204 Å². The van der Waals surface area contributed by atoms with Crippen LogP contribution in [0.3, 0.4) is 0 Å². The van der Waals surface area contributed by atoms with Crippen molar-refractivity contribution in [2.24, 2.45) is 0 Å². The number of hydrogen-bond donors (Lipinski definition) is 3. The quantitative estimate of drug-likeness (QED) is 0.473. The fraction of sp³-hybridized carbons (Fsp3) is 0.333. The molecule has 0 saturated carbocycles. The van der Waals surface area contributed by atoms with Gasteiger partial charge in [-0.2, -0.15) is 0 Å². The van der Waals surface area contributed by atoms with Crippen molar-refractivity contribution in [3.8, 4) is 28.4 Å². The molecule has 1 fully saturated rings. The fourth-order valence-corrected chi connectivity index (χ4v) is 4.67. The van der Waals surface area contributed by atoms with E-state index in [2.05, 4.69) is 35.8 Å². The second-order valence-electron chi connectivity index (χ2n) is 8.71. The molecule has 5 rings (SSSR count). The minimum absolute atomic E-state index is 0.0548. The molecular weight excluding hydrogens is 452 g/mol. The van der Waals surface area contributed by atoms with Crippen LogP contribution in [0.5, 0.6) is 17.2 Å². The summed E-state index contributed by atoms with van der Waals surface area (Å²) < 4.78 is 17.5. The van der Waals surface area contributed by atoms with E-state index in [1.54, 1.807) is 0 Å². The summed E-state index contributed by atoms with van der Waals surface area (Å²) in [6.07, 6.45) is -0.362. The minimum Gasteiger partial charge on any atom is -0.487 e. The molecule has 0 radical (unpaired) electrons. The van der Waals surface area contributed by atoms with Crippen LogP contribution < -0.4 is 24.8 Å². The largest absolute Gasteiger partial charge is 0.487 e. The number of rotatable bonds is 7. The number of hydrogen-bond acceptors (Lipinski definition) is 6. The van der Waals surface area contributed by atoms with Crippen molar-refractivity contribution >= 4 is 11.6 Å². The second kappa shape index (κ2) is 10.2. The molecule has 6 nitrogen and oxygen atoms in total. The summed E-state index contributed by atoms with van der Waals surface area (Å²) in [5.74, 6) is 2.22. The molecule has 2 aliphatic rings. The van der Waals surface area contributed by atoms with Gasteiger partial charge < -0.3 is 30.0 Å². The summed E-state index contributed by atoms with van der Waals surface area (Å²) in [6, 6.07) is 18.2. The topological polar surface area (TPSA) is 72.0 Å². The SMILES string of the molecule is Cc1c(COc2ccc(CN[C@@H]3CNC[C@H]3O)cc2Cl)cccc1-c1ccc2c(c1)OCCO2. The number of aliphatic hydroxyl groups excluding tert-OH is 1. The lowest BCUT2D eigenvalue weighted by atomic mass is 9.96. The number of benzene rings is 3. The highest BCUT2D eigenvalue weighted by molar-refractivity contribution is 6.32. The van der Waals surface area contributed by atoms with E-state index < -0.39 is 0 Å². The molecule has 1 saturated heterocycles. The van der Waals surface area contributed by atoms with E-state index in [0.29, 0.717) is 43.7 Å². The molecule has 7 heteroatoms. The fourth-order valence-electron chi connectivity index (χ4n) is 4.41. The van der Waals surface area contributed by atoms with Gasteiger partial charge in [-0.05, 0) is 59.0 Å². The van der Waals surface area contributed by atoms with Crippen LogP contribution in [-0.4, -0.2) is 43.6 Å². The number of ether oxygens (including phenoxy) is 3. The number of nitrogens with one attached hydrogen (secondary N) is 2. The van der Waals surface area contributed by atoms with Crippen LogP contribution in [0.4, 0.5) is 0 Å². The molecule has 3 N–H and O–H groups in total. The zero-order valence-electron chi connectivity index (χ0n) is 19.1. The highest BCUT2D eigenvalue weighted by atomic mass is 35.5. The molecule has 3 aromatic carbocycles. The first-order chi connectivity index (χ1) is 16.6. The molecule has 178 valence electrons. The van der Waals surface area contributed by atoms with Gasteiger partial charge >= 0.3 is 0 Å². The van der Waals surface area contributed by atoms with Gasteiger partial charge in [-0.25, -0.2) is 0 Å². The van der Waals surface area contributed by atoms with Gasteiger partial charge in [0, 0.05) is 25.7 Å². The molecule has 0 bridgehead atoms. The molecule has 0 amide bonds. The van der Waals surface area contributed by atoms with Crippen LogP contribution in [0, 0.1) is 6.92 Å². The van der Waals surface area contributed by atoms with Gasteiger partial charge in [-0.15, -0.1) is 0 Å². The van der Waals surface area contributed by atoms with Crippen LogP contribution in [0.25, 0.3) is 11.1 Å². The van der Waals surface area contributed by atoms with Gasteiger partial charge in [0.1, 0.15) is 25.6 Å². The first-order valence-electron chi connectivity index (χ1n) is 11.6. The Bertz CT molecular complexity index is 1170. The Balaban J connectivity index is 1.25. The monoisotopic (exact) mass is 480 g/mol. The summed E-state index contributed by atoms with van der Waals surface area (Å²) in [4.78, 5) is 0. The van der Waals surface area contributed by atoms with Crippen molar-refractivity contribution in [2.45, 2.75) is 32.2 Å². The van der Waals surface area contributed by atoms with Crippen LogP contribution in [0.2, 0.25) is 5.02 Å².